The number of thiazole rings is 1. The van der Waals surface area contributed by atoms with Crippen molar-refractivity contribution >= 4 is 38.5 Å². The largest absolute Gasteiger partial charge is 0.362 e. The molecule has 2 amide bonds. The van der Waals surface area contributed by atoms with E-state index in [2.05, 4.69) is 15.6 Å². The van der Waals surface area contributed by atoms with Gasteiger partial charge in [-0.1, -0.05) is 11.3 Å². The van der Waals surface area contributed by atoms with Gasteiger partial charge in [0.2, 0.25) is 5.91 Å². The van der Waals surface area contributed by atoms with Gasteiger partial charge < -0.3 is 15.5 Å². The molecule has 128 valence electrons. The molecule has 1 fully saturated rings. The molecule has 1 saturated heterocycles. The zero-order valence-electron chi connectivity index (χ0n) is 13.8. The molecule has 1 aromatic heterocycles. The van der Waals surface area contributed by atoms with Gasteiger partial charge in [-0.2, -0.15) is 0 Å². The van der Waals surface area contributed by atoms with Gasteiger partial charge >= 0.3 is 0 Å². The Morgan fingerprint density at radius 1 is 1.42 bits per heavy atom. The van der Waals surface area contributed by atoms with Crippen LogP contribution >= 0.6 is 11.3 Å². The van der Waals surface area contributed by atoms with Crippen molar-refractivity contribution in [3.8, 4) is 0 Å². The Morgan fingerprint density at radius 3 is 3.04 bits per heavy atom. The summed E-state index contributed by atoms with van der Waals surface area (Å²) in [5.41, 5.74) is 1.55. The van der Waals surface area contributed by atoms with Crippen molar-refractivity contribution in [2.45, 2.75) is 26.2 Å². The van der Waals surface area contributed by atoms with E-state index < -0.39 is 0 Å². The van der Waals surface area contributed by atoms with Crippen molar-refractivity contribution < 1.29 is 9.59 Å². The average Bonchev–Trinajstić information content (AvgIpc) is 3.16. The zero-order valence-corrected chi connectivity index (χ0v) is 14.6. The normalized spacial score (nSPS) is 14.4. The molecule has 0 radical (unpaired) electrons. The van der Waals surface area contributed by atoms with E-state index in [0.717, 1.165) is 47.8 Å². The van der Waals surface area contributed by atoms with E-state index in [1.807, 2.05) is 24.0 Å². The van der Waals surface area contributed by atoms with Crippen LogP contribution in [0.2, 0.25) is 0 Å². The van der Waals surface area contributed by atoms with E-state index in [1.165, 1.54) is 0 Å². The van der Waals surface area contributed by atoms with Crippen LogP contribution < -0.4 is 10.6 Å². The third-order valence-corrected chi connectivity index (χ3v) is 5.02. The van der Waals surface area contributed by atoms with Gasteiger partial charge in [0.25, 0.3) is 5.91 Å². The molecule has 0 unspecified atom stereocenters. The maximum absolute atomic E-state index is 12.3. The third-order valence-electron chi connectivity index (χ3n) is 4.04. The molecule has 1 aromatic carbocycles. The Bertz CT molecular complexity index is 743. The number of carbonyl (C=O) groups is 2. The van der Waals surface area contributed by atoms with Crippen LogP contribution in [0.4, 0.5) is 5.13 Å². The first-order valence-electron chi connectivity index (χ1n) is 8.38. The molecular formula is C17H22N4O2S. The van der Waals surface area contributed by atoms with E-state index in [4.69, 9.17) is 0 Å². The summed E-state index contributed by atoms with van der Waals surface area (Å²) < 4.78 is 1.00. The summed E-state index contributed by atoms with van der Waals surface area (Å²) in [4.78, 5) is 30.1. The van der Waals surface area contributed by atoms with E-state index in [9.17, 15) is 9.59 Å². The van der Waals surface area contributed by atoms with Crippen molar-refractivity contribution in [1.29, 1.82) is 0 Å². The minimum Gasteiger partial charge on any atom is -0.362 e. The Hall–Kier alpha value is -2.15. The SMILES string of the molecule is CCNc1nc2ccc(C(=O)NCCCN3CCCC3=O)cc2s1. The second-order valence-electron chi connectivity index (χ2n) is 5.83. The Kier molecular flexibility index (Phi) is 5.30. The number of carbonyl (C=O) groups excluding carboxylic acids is 2. The predicted octanol–water partition coefficient (Wildman–Crippen LogP) is 2.47. The number of benzene rings is 1. The molecule has 6 nitrogen and oxygen atoms in total. The molecule has 1 aliphatic rings. The molecule has 0 spiro atoms. The lowest BCUT2D eigenvalue weighted by Crippen LogP contribution is -2.30. The van der Waals surface area contributed by atoms with Gasteiger partial charge in [0, 0.05) is 38.2 Å². The van der Waals surface area contributed by atoms with Gasteiger partial charge in [0.05, 0.1) is 10.2 Å². The molecule has 0 aliphatic carbocycles. The van der Waals surface area contributed by atoms with E-state index in [1.54, 1.807) is 17.4 Å². The van der Waals surface area contributed by atoms with E-state index >= 15 is 0 Å². The van der Waals surface area contributed by atoms with E-state index in [-0.39, 0.29) is 11.8 Å². The maximum atomic E-state index is 12.3. The fourth-order valence-electron chi connectivity index (χ4n) is 2.81. The van der Waals surface area contributed by atoms with Gasteiger partial charge in [-0.3, -0.25) is 9.59 Å². The topological polar surface area (TPSA) is 74.3 Å². The van der Waals surface area contributed by atoms with E-state index in [0.29, 0.717) is 18.5 Å². The molecule has 0 bridgehead atoms. The first kappa shape index (κ1) is 16.7. The summed E-state index contributed by atoms with van der Waals surface area (Å²) in [5.74, 6) is 0.150. The number of hydrogen-bond acceptors (Lipinski definition) is 5. The molecule has 0 atom stereocenters. The summed E-state index contributed by atoms with van der Waals surface area (Å²) in [6.45, 7) is 5.00. The molecular weight excluding hydrogens is 324 g/mol. The molecule has 2 heterocycles. The van der Waals surface area contributed by atoms with Crippen LogP contribution in [-0.2, 0) is 4.79 Å². The standard InChI is InChI=1S/C17H22N4O2S/c1-2-18-17-20-13-7-6-12(11-14(13)24-17)16(23)19-8-4-10-21-9-3-5-15(21)22/h6-7,11H,2-5,8-10H2,1H3,(H,18,20)(H,19,23). The van der Waals surface area contributed by atoms with Crippen molar-refractivity contribution in [1.82, 2.24) is 15.2 Å². The highest BCUT2D eigenvalue weighted by Gasteiger charge is 2.19. The Balaban J connectivity index is 1.52. The van der Waals surface area contributed by atoms with Crippen LogP contribution in [0.1, 0.15) is 36.5 Å². The first-order chi connectivity index (χ1) is 11.7. The number of anilines is 1. The summed E-state index contributed by atoms with van der Waals surface area (Å²) in [7, 11) is 0. The minimum atomic E-state index is -0.0805. The number of likely N-dealkylation sites (tertiary alicyclic amines) is 1. The quantitative estimate of drug-likeness (QED) is 0.755. The smallest absolute Gasteiger partial charge is 0.251 e. The highest BCUT2D eigenvalue weighted by molar-refractivity contribution is 7.22. The predicted molar refractivity (Wildman–Crippen MR) is 96.5 cm³/mol. The van der Waals surface area contributed by atoms with Crippen LogP contribution in [0.25, 0.3) is 10.2 Å². The molecule has 24 heavy (non-hydrogen) atoms. The third kappa shape index (κ3) is 3.84. The molecule has 7 heteroatoms. The van der Waals surface area contributed by atoms with Crippen LogP contribution in [0.5, 0.6) is 0 Å². The van der Waals surface area contributed by atoms with Gasteiger partial charge in [-0.15, -0.1) is 0 Å². The van der Waals surface area contributed by atoms with Crippen molar-refractivity contribution in [3.05, 3.63) is 23.8 Å². The Labute approximate surface area is 145 Å². The monoisotopic (exact) mass is 346 g/mol. The maximum Gasteiger partial charge on any atom is 0.251 e. The van der Waals surface area contributed by atoms with Gasteiger partial charge in [-0.05, 0) is 38.0 Å². The number of fused-ring (bicyclic) bond motifs is 1. The molecule has 0 saturated carbocycles. The number of aromatic nitrogens is 1. The lowest BCUT2D eigenvalue weighted by molar-refractivity contribution is -0.127. The Morgan fingerprint density at radius 2 is 2.29 bits per heavy atom. The summed E-state index contributed by atoms with van der Waals surface area (Å²) >= 11 is 1.55. The number of nitrogens with one attached hydrogen (secondary N) is 2. The number of hydrogen-bond donors (Lipinski definition) is 2. The van der Waals surface area contributed by atoms with Crippen LogP contribution in [0.3, 0.4) is 0 Å². The first-order valence-corrected chi connectivity index (χ1v) is 9.19. The second kappa shape index (κ2) is 7.61. The number of amides is 2. The molecule has 2 aromatic rings. The second-order valence-corrected chi connectivity index (χ2v) is 6.86. The van der Waals surface area contributed by atoms with Crippen LogP contribution in [0.15, 0.2) is 18.2 Å². The van der Waals surface area contributed by atoms with Crippen LogP contribution in [-0.4, -0.2) is 47.9 Å². The lowest BCUT2D eigenvalue weighted by Gasteiger charge is -2.15. The van der Waals surface area contributed by atoms with Crippen LogP contribution in [0, 0.1) is 0 Å². The number of nitrogens with zero attached hydrogens (tertiary/aromatic N) is 2. The van der Waals surface area contributed by atoms with Crippen molar-refractivity contribution in [3.63, 3.8) is 0 Å². The lowest BCUT2D eigenvalue weighted by atomic mass is 10.2. The average molecular weight is 346 g/mol. The molecule has 2 N–H and O–H groups in total. The minimum absolute atomic E-state index is 0.0805. The van der Waals surface area contributed by atoms with Crippen molar-refractivity contribution in [2.24, 2.45) is 0 Å². The number of rotatable bonds is 7. The van der Waals surface area contributed by atoms with Crippen molar-refractivity contribution in [2.75, 3.05) is 31.5 Å². The molecule has 3 rings (SSSR count). The van der Waals surface area contributed by atoms with Gasteiger partial charge in [0.15, 0.2) is 5.13 Å². The van der Waals surface area contributed by atoms with Gasteiger partial charge in [-0.25, -0.2) is 4.98 Å². The van der Waals surface area contributed by atoms with Gasteiger partial charge in [0.1, 0.15) is 0 Å². The highest BCUT2D eigenvalue weighted by Crippen LogP contribution is 2.26. The summed E-state index contributed by atoms with van der Waals surface area (Å²) in [5, 5.41) is 6.99. The fraction of sp³-hybridized carbons (Fsp3) is 0.471. The molecule has 1 aliphatic heterocycles. The summed E-state index contributed by atoms with van der Waals surface area (Å²) in [6, 6.07) is 5.56. The highest BCUT2D eigenvalue weighted by atomic mass is 32.1. The summed E-state index contributed by atoms with van der Waals surface area (Å²) in [6.07, 6.45) is 2.40. The fourth-order valence-corrected chi connectivity index (χ4v) is 3.78. The zero-order chi connectivity index (χ0) is 16.9.